The third kappa shape index (κ3) is 3.63. The van der Waals surface area contributed by atoms with Crippen LogP contribution in [0.3, 0.4) is 0 Å². The van der Waals surface area contributed by atoms with E-state index in [-0.39, 0.29) is 5.17 Å². The zero-order valence-corrected chi connectivity index (χ0v) is 11.4. The van der Waals surface area contributed by atoms with Crippen LogP contribution in [0.5, 0.6) is 5.75 Å². The van der Waals surface area contributed by atoms with Crippen molar-refractivity contribution in [2.75, 3.05) is 0 Å². The van der Waals surface area contributed by atoms with Crippen LogP contribution in [0.4, 0.5) is 0 Å². The fraction of sp³-hybridized carbons (Fsp3) is 0.0714. The number of rotatable bonds is 4. The van der Waals surface area contributed by atoms with Gasteiger partial charge in [-0.15, -0.1) is 0 Å². The van der Waals surface area contributed by atoms with Crippen molar-refractivity contribution in [3.63, 3.8) is 0 Å². The summed E-state index contributed by atoms with van der Waals surface area (Å²) in [4.78, 5) is 0. The molecule has 3 nitrogen and oxygen atoms in total. The van der Waals surface area contributed by atoms with Crippen molar-refractivity contribution in [3.05, 3.63) is 64.7 Å². The summed E-state index contributed by atoms with van der Waals surface area (Å²) in [5.41, 5.74) is 1.58. The van der Waals surface area contributed by atoms with Gasteiger partial charge in [-0.3, -0.25) is 0 Å². The summed E-state index contributed by atoms with van der Waals surface area (Å²) in [6, 6.07) is 14.7. The van der Waals surface area contributed by atoms with Gasteiger partial charge in [0.15, 0.2) is 5.17 Å². The van der Waals surface area contributed by atoms with Crippen LogP contribution >= 0.6 is 23.2 Å². The molecule has 0 aliphatic carbocycles. The summed E-state index contributed by atoms with van der Waals surface area (Å²) in [6.45, 7) is 0.432. The standard InChI is InChI=1S/C14H11Cl2NO2/c15-12-8-11(14(16)17-18)6-7-13(12)19-9-10-4-2-1-3-5-10/h1-8,18H,9H2/b17-14+. The Labute approximate surface area is 121 Å². The summed E-state index contributed by atoms with van der Waals surface area (Å²) >= 11 is 11.8. The predicted octanol–water partition coefficient (Wildman–Crippen LogP) is 4.29. The van der Waals surface area contributed by atoms with Gasteiger partial charge < -0.3 is 9.94 Å². The minimum Gasteiger partial charge on any atom is -0.487 e. The van der Waals surface area contributed by atoms with Gasteiger partial charge >= 0.3 is 0 Å². The Bertz CT molecular complexity index is 585. The molecule has 0 aliphatic heterocycles. The van der Waals surface area contributed by atoms with Crippen molar-refractivity contribution in [3.8, 4) is 5.75 Å². The average Bonchev–Trinajstić information content (AvgIpc) is 2.46. The lowest BCUT2D eigenvalue weighted by atomic mass is 10.2. The fourth-order valence-electron chi connectivity index (χ4n) is 1.54. The van der Waals surface area contributed by atoms with E-state index in [4.69, 9.17) is 33.1 Å². The highest BCUT2D eigenvalue weighted by Crippen LogP contribution is 2.27. The zero-order chi connectivity index (χ0) is 13.7. The molecule has 2 aromatic carbocycles. The Morgan fingerprint density at radius 3 is 2.53 bits per heavy atom. The topological polar surface area (TPSA) is 41.8 Å². The van der Waals surface area contributed by atoms with Crippen LogP contribution in [0, 0.1) is 0 Å². The zero-order valence-electron chi connectivity index (χ0n) is 9.88. The van der Waals surface area contributed by atoms with Gasteiger partial charge in [0.1, 0.15) is 12.4 Å². The molecule has 0 unspecified atom stereocenters. The molecule has 0 amide bonds. The van der Waals surface area contributed by atoms with Gasteiger partial charge in [0.25, 0.3) is 0 Å². The summed E-state index contributed by atoms with van der Waals surface area (Å²) in [5.74, 6) is 0.552. The Morgan fingerprint density at radius 2 is 1.89 bits per heavy atom. The smallest absolute Gasteiger partial charge is 0.175 e. The first-order chi connectivity index (χ1) is 9.20. The van der Waals surface area contributed by atoms with Crippen molar-refractivity contribution in [2.45, 2.75) is 6.61 Å². The van der Waals surface area contributed by atoms with Crippen LogP contribution in [0.25, 0.3) is 0 Å². The highest BCUT2D eigenvalue weighted by Gasteiger charge is 2.07. The molecule has 0 saturated carbocycles. The molecule has 0 aliphatic rings. The molecular formula is C14H11Cl2NO2. The number of oxime groups is 1. The highest BCUT2D eigenvalue weighted by molar-refractivity contribution is 6.69. The lowest BCUT2D eigenvalue weighted by Gasteiger charge is -2.09. The van der Waals surface area contributed by atoms with Gasteiger partial charge in [-0.2, -0.15) is 0 Å². The highest BCUT2D eigenvalue weighted by atomic mass is 35.5. The first-order valence-electron chi connectivity index (χ1n) is 5.55. The molecule has 0 aromatic heterocycles. The second kappa shape index (κ2) is 6.45. The van der Waals surface area contributed by atoms with E-state index >= 15 is 0 Å². The number of halogens is 2. The van der Waals surface area contributed by atoms with E-state index in [2.05, 4.69) is 5.16 Å². The van der Waals surface area contributed by atoms with Crippen LogP contribution in [-0.2, 0) is 6.61 Å². The Balaban J connectivity index is 2.10. The van der Waals surface area contributed by atoms with Crippen molar-refractivity contribution in [1.29, 1.82) is 0 Å². The van der Waals surface area contributed by atoms with Gasteiger partial charge in [-0.25, -0.2) is 0 Å². The molecule has 19 heavy (non-hydrogen) atoms. The molecule has 98 valence electrons. The maximum Gasteiger partial charge on any atom is 0.175 e. The van der Waals surface area contributed by atoms with Crippen molar-refractivity contribution in [2.24, 2.45) is 5.16 Å². The predicted molar refractivity (Wildman–Crippen MR) is 76.4 cm³/mol. The molecule has 0 heterocycles. The SMILES string of the molecule is O/N=C(/Cl)c1ccc(OCc2ccccc2)c(Cl)c1. The normalized spacial score (nSPS) is 11.4. The molecule has 2 aromatic rings. The number of ether oxygens (including phenoxy) is 1. The van der Waals surface area contributed by atoms with E-state index in [0.717, 1.165) is 5.56 Å². The summed E-state index contributed by atoms with van der Waals surface area (Å²) in [5, 5.41) is 11.9. The molecule has 0 saturated heterocycles. The lowest BCUT2D eigenvalue weighted by molar-refractivity contribution is 0.306. The van der Waals surface area contributed by atoms with Crippen LogP contribution < -0.4 is 4.74 Å². The van der Waals surface area contributed by atoms with Crippen LogP contribution in [0.15, 0.2) is 53.7 Å². The van der Waals surface area contributed by atoms with E-state index in [0.29, 0.717) is 22.9 Å². The number of benzene rings is 2. The largest absolute Gasteiger partial charge is 0.487 e. The van der Waals surface area contributed by atoms with Crippen molar-refractivity contribution >= 4 is 28.4 Å². The molecule has 0 atom stereocenters. The fourth-order valence-corrected chi connectivity index (χ4v) is 1.89. The van der Waals surface area contributed by atoms with Crippen molar-refractivity contribution < 1.29 is 9.94 Å². The molecule has 0 spiro atoms. The third-order valence-corrected chi connectivity index (χ3v) is 3.08. The molecule has 5 heteroatoms. The number of nitrogens with zero attached hydrogens (tertiary/aromatic N) is 1. The Morgan fingerprint density at radius 1 is 1.16 bits per heavy atom. The van der Waals surface area contributed by atoms with E-state index < -0.39 is 0 Å². The second-order valence-corrected chi connectivity index (χ2v) is 4.58. The third-order valence-electron chi connectivity index (χ3n) is 2.50. The van der Waals surface area contributed by atoms with Crippen molar-refractivity contribution in [1.82, 2.24) is 0 Å². The van der Waals surface area contributed by atoms with Crippen LogP contribution in [0.2, 0.25) is 5.02 Å². The van der Waals surface area contributed by atoms with E-state index in [1.54, 1.807) is 18.2 Å². The Hall–Kier alpha value is -1.71. The maximum absolute atomic E-state index is 8.58. The van der Waals surface area contributed by atoms with E-state index in [1.807, 2.05) is 30.3 Å². The summed E-state index contributed by atoms with van der Waals surface area (Å²) in [6.07, 6.45) is 0. The lowest BCUT2D eigenvalue weighted by Crippen LogP contribution is -1.97. The van der Waals surface area contributed by atoms with E-state index in [1.165, 1.54) is 0 Å². The van der Waals surface area contributed by atoms with Gasteiger partial charge in [0.05, 0.1) is 5.02 Å². The molecule has 2 rings (SSSR count). The quantitative estimate of drug-likeness (QED) is 0.519. The first-order valence-corrected chi connectivity index (χ1v) is 6.30. The summed E-state index contributed by atoms with van der Waals surface area (Å²) in [7, 11) is 0. The molecule has 0 radical (unpaired) electrons. The average molecular weight is 296 g/mol. The molecular weight excluding hydrogens is 285 g/mol. The maximum atomic E-state index is 8.58. The summed E-state index contributed by atoms with van der Waals surface area (Å²) < 4.78 is 5.61. The van der Waals surface area contributed by atoms with Gasteiger partial charge in [-0.05, 0) is 23.8 Å². The number of hydrogen-bond acceptors (Lipinski definition) is 3. The second-order valence-electron chi connectivity index (χ2n) is 3.81. The number of hydrogen-bond donors (Lipinski definition) is 1. The van der Waals surface area contributed by atoms with Crippen LogP contribution in [-0.4, -0.2) is 10.4 Å². The van der Waals surface area contributed by atoms with Crippen LogP contribution in [0.1, 0.15) is 11.1 Å². The molecule has 1 N–H and O–H groups in total. The van der Waals surface area contributed by atoms with E-state index in [9.17, 15) is 0 Å². The minimum absolute atomic E-state index is 0.0171. The Kier molecular flexibility index (Phi) is 4.66. The molecule has 0 bridgehead atoms. The van der Waals surface area contributed by atoms with Gasteiger partial charge in [-0.1, -0.05) is 58.7 Å². The van der Waals surface area contributed by atoms with Gasteiger partial charge in [0.2, 0.25) is 0 Å². The minimum atomic E-state index is -0.0171. The first kappa shape index (κ1) is 13.7. The van der Waals surface area contributed by atoms with Gasteiger partial charge in [0, 0.05) is 5.56 Å². The molecule has 0 fully saturated rings. The monoisotopic (exact) mass is 295 g/mol.